The van der Waals surface area contributed by atoms with Crippen molar-refractivity contribution >= 4 is 39.0 Å². The van der Waals surface area contributed by atoms with Gasteiger partial charge in [-0.1, -0.05) is 17.8 Å². The second kappa shape index (κ2) is 5.78. The van der Waals surface area contributed by atoms with Crippen molar-refractivity contribution in [2.75, 3.05) is 18.3 Å². The van der Waals surface area contributed by atoms with Crippen LogP contribution in [0.1, 0.15) is 6.92 Å². The molecule has 1 atom stereocenters. The lowest BCUT2D eigenvalue weighted by molar-refractivity contribution is -0.118. The number of carbonyl (C=O) groups is 2. The Bertz CT molecular complexity index is 914. The molecule has 8 heteroatoms. The van der Waals surface area contributed by atoms with Crippen molar-refractivity contribution in [1.82, 2.24) is 0 Å². The largest absolute Gasteiger partial charge is 0.497 e. The number of fused-ring (bicyclic) bond motifs is 1. The van der Waals surface area contributed by atoms with Gasteiger partial charge in [-0.05, 0) is 18.2 Å². The van der Waals surface area contributed by atoms with Gasteiger partial charge in [-0.3, -0.25) is 14.5 Å². The molecule has 0 bridgehead atoms. The van der Waals surface area contributed by atoms with Crippen molar-refractivity contribution in [3.8, 4) is 5.75 Å². The number of thioether (sulfide) groups is 1. The summed E-state index contributed by atoms with van der Waals surface area (Å²) < 4.78 is 29.4. The minimum absolute atomic E-state index is 0.103. The fraction of sp³-hybridized carbons (Fsp3) is 0.250. The van der Waals surface area contributed by atoms with E-state index in [9.17, 15) is 18.0 Å². The number of carbonyl (C=O) groups excluding carboxylic acids is 2. The number of methoxy groups -OCH3 is 1. The fourth-order valence-corrected chi connectivity index (χ4v) is 5.36. The number of hydrogen-bond acceptors (Lipinski definition) is 6. The van der Waals surface area contributed by atoms with Crippen LogP contribution in [0.3, 0.4) is 0 Å². The molecule has 1 aromatic rings. The van der Waals surface area contributed by atoms with Gasteiger partial charge in [0.05, 0.1) is 12.8 Å². The van der Waals surface area contributed by atoms with Gasteiger partial charge in [0.1, 0.15) is 16.7 Å². The van der Waals surface area contributed by atoms with Gasteiger partial charge < -0.3 is 4.74 Å². The van der Waals surface area contributed by atoms with Crippen molar-refractivity contribution in [3.05, 3.63) is 41.0 Å². The third-order valence-electron chi connectivity index (χ3n) is 3.77. The Morgan fingerprint density at radius 3 is 2.62 bits per heavy atom. The molecule has 6 nitrogen and oxygen atoms in total. The number of benzene rings is 1. The molecule has 2 aliphatic rings. The molecule has 0 aromatic heterocycles. The van der Waals surface area contributed by atoms with Crippen LogP contribution in [-0.4, -0.2) is 38.7 Å². The molecule has 0 saturated heterocycles. The summed E-state index contributed by atoms with van der Waals surface area (Å²) in [6.07, 6.45) is 3.70. The molecule has 0 spiro atoms. The van der Waals surface area contributed by atoms with Gasteiger partial charge in [0, 0.05) is 29.0 Å². The van der Waals surface area contributed by atoms with E-state index in [4.69, 9.17) is 4.74 Å². The number of rotatable bonds is 2. The average molecular weight is 365 g/mol. The number of nitrogens with zero attached hydrogens (tertiary/aromatic N) is 1. The van der Waals surface area contributed by atoms with E-state index in [0.29, 0.717) is 21.2 Å². The lowest BCUT2D eigenvalue weighted by Gasteiger charge is -2.35. The summed E-state index contributed by atoms with van der Waals surface area (Å²) in [6.45, 7) is 1.34. The van der Waals surface area contributed by atoms with Crippen LogP contribution in [0.25, 0.3) is 0 Å². The van der Waals surface area contributed by atoms with Gasteiger partial charge >= 0.3 is 0 Å². The second-order valence-electron chi connectivity index (χ2n) is 5.48. The minimum atomic E-state index is -3.46. The van der Waals surface area contributed by atoms with Crippen LogP contribution in [0, 0.1) is 0 Å². The van der Waals surface area contributed by atoms with E-state index in [0.717, 1.165) is 6.26 Å². The lowest BCUT2D eigenvalue weighted by atomic mass is 10.1. The molecule has 1 heterocycles. The first-order valence-corrected chi connectivity index (χ1v) is 9.83. The van der Waals surface area contributed by atoms with Crippen LogP contribution in [0.15, 0.2) is 45.8 Å². The van der Waals surface area contributed by atoms with E-state index in [1.165, 1.54) is 42.8 Å². The summed E-state index contributed by atoms with van der Waals surface area (Å²) in [5, 5.41) is -0.938. The summed E-state index contributed by atoms with van der Waals surface area (Å²) >= 11 is 1.20. The van der Waals surface area contributed by atoms with E-state index < -0.39 is 15.1 Å². The molecule has 1 aliphatic heterocycles. The lowest BCUT2D eigenvalue weighted by Crippen LogP contribution is -2.39. The summed E-state index contributed by atoms with van der Waals surface area (Å²) in [5.41, 5.74) is 0.618. The molecule has 126 valence electrons. The molecular weight excluding hydrogens is 350 g/mol. The van der Waals surface area contributed by atoms with E-state index in [1.807, 2.05) is 0 Å². The molecule has 0 saturated carbocycles. The highest BCUT2D eigenvalue weighted by atomic mass is 32.2. The number of anilines is 1. The highest BCUT2D eigenvalue weighted by Crippen LogP contribution is 2.48. The number of hydrogen-bond donors (Lipinski definition) is 0. The first kappa shape index (κ1) is 16.8. The molecular formula is C16H15NO5S2. The maximum Gasteiger partial charge on any atom is 0.228 e. The van der Waals surface area contributed by atoms with E-state index >= 15 is 0 Å². The molecule has 0 radical (unpaired) electrons. The fourth-order valence-electron chi connectivity index (χ4n) is 2.71. The molecule has 3 rings (SSSR count). The van der Waals surface area contributed by atoms with Crippen LogP contribution in [0.4, 0.5) is 5.69 Å². The van der Waals surface area contributed by atoms with Gasteiger partial charge in [0.25, 0.3) is 0 Å². The normalized spacial score (nSPS) is 19.9. The number of amides is 1. The Hall–Kier alpha value is -2.06. The monoisotopic (exact) mass is 365 g/mol. The van der Waals surface area contributed by atoms with Gasteiger partial charge in [0.2, 0.25) is 11.7 Å². The molecule has 1 amide bonds. The molecule has 0 fully saturated rings. The Labute approximate surface area is 144 Å². The van der Waals surface area contributed by atoms with Gasteiger partial charge in [0.15, 0.2) is 9.84 Å². The SMILES string of the molecule is COc1ccc2c(c1)N(C(C)=O)C1=C(S2)C(S(C)(=O)=O)C=CC1=O. The van der Waals surface area contributed by atoms with E-state index in [2.05, 4.69) is 0 Å². The topological polar surface area (TPSA) is 80.8 Å². The Morgan fingerprint density at radius 1 is 1.33 bits per heavy atom. The zero-order chi connectivity index (χ0) is 17.6. The third-order valence-corrected chi connectivity index (χ3v) is 6.47. The van der Waals surface area contributed by atoms with Crippen molar-refractivity contribution in [1.29, 1.82) is 0 Å². The average Bonchev–Trinajstić information content (AvgIpc) is 2.51. The molecule has 1 aliphatic carbocycles. The Morgan fingerprint density at radius 2 is 2.04 bits per heavy atom. The summed E-state index contributed by atoms with van der Waals surface area (Å²) in [6, 6.07) is 5.14. The first-order valence-electron chi connectivity index (χ1n) is 7.06. The van der Waals surface area contributed by atoms with E-state index in [-0.39, 0.29) is 17.4 Å². The quantitative estimate of drug-likeness (QED) is 0.796. The molecule has 0 N–H and O–H groups in total. The highest BCUT2D eigenvalue weighted by molar-refractivity contribution is 8.05. The van der Waals surface area contributed by atoms with Crippen molar-refractivity contribution in [3.63, 3.8) is 0 Å². The number of ether oxygens (including phenoxy) is 1. The molecule has 1 aromatic carbocycles. The summed E-state index contributed by atoms with van der Waals surface area (Å²) in [5.74, 6) is -0.211. The zero-order valence-electron chi connectivity index (χ0n) is 13.3. The summed E-state index contributed by atoms with van der Waals surface area (Å²) in [7, 11) is -1.96. The predicted molar refractivity (Wildman–Crippen MR) is 91.8 cm³/mol. The standard InChI is InChI=1S/C16H15NO5S2/c1-9(18)17-11-8-10(22-2)4-6-13(11)23-16-14(24(3,20)21)7-5-12(19)15(16)17/h4-8,14H,1-3H3. The number of allylic oxidation sites excluding steroid dienone is 1. The van der Waals surface area contributed by atoms with Crippen LogP contribution in [0.2, 0.25) is 0 Å². The van der Waals surface area contributed by atoms with Gasteiger partial charge in [-0.25, -0.2) is 8.42 Å². The number of sulfone groups is 1. The third kappa shape index (κ3) is 2.65. The van der Waals surface area contributed by atoms with Crippen LogP contribution in [0.5, 0.6) is 5.75 Å². The molecule has 1 unspecified atom stereocenters. The van der Waals surface area contributed by atoms with Crippen LogP contribution >= 0.6 is 11.8 Å². The van der Waals surface area contributed by atoms with Crippen molar-refractivity contribution in [2.45, 2.75) is 17.1 Å². The van der Waals surface area contributed by atoms with Crippen molar-refractivity contribution in [2.24, 2.45) is 0 Å². The zero-order valence-corrected chi connectivity index (χ0v) is 14.9. The maximum atomic E-state index is 12.4. The smallest absolute Gasteiger partial charge is 0.228 e. The van der Waals surface area contributed by atoms with Gasteiger partial charge in [-0.2, -0.15) is 0 Å². The van der Waals surface area contributed by atoms with Crippen LogP contribution < -0.4 is 9.64 Å². The van der Waals surface area contributed by atoms with E-state index in [1.54, 1.807) is 18.2 Å². The summed E-state index contributed by atoms with van der Waals surface area (Å²) in [4.78, 5) is 27.0. The maximum absolute atomic E-state index is 12.4. The predicted octanol–water partition coefficient (Wildman–Crippen LogP) is 1.92. The number of ketones is 1. The van der Waals surface area contributed by atoms with Crippen molar-refractivity contribution < 1.29 is 22.7 Å². The first-order chi connectivity index (χ1) is 11.2. The molecule has 24 heavy (non-hydrogen) atoms. The minimum Gasteiger partial charge on any atom is -0.497 e. The highest BCUT2D eigenvalue weighted by Gasteiger charge is 2.40. The van der Waals surface area contributed by atoms with Crippen LogP contribution in [-0.2, 0) is 19.4 Å². The Kier molecular flexibility index (Phi) is 4.05. The second-order valence-corrected chi connectivity index (χ2v) is 8.73. The van der Waals surface area contributed by atoms with Gasteiger partial charge in [-0.15, -0.1) is 0 Å². The Balaban J connectivity index is 2.25.